The zero-order valence-corrected chi connectivity index (χ0v) is 17.9. The van der Waals surface area contributed by atoms with Crippen LogP contribution >= 0.6 is 0 Å². The molecule has 1 aromatic rings. The first-order chi connectivity index (χ1) is 14.1. The van der Waals surface area contributed by atoms with Crippen LogP contribution in [0, 0.1) is 11.8 Å². The molecule has 1 atom stereocenters. The average molecular weight is 402 g/mol. The van der Waals surface area contributed by atoms with E-state index in [2.05, 4.69) is 24.1 Å². The molecule has 160 valence electrons. The first kappa shape index (κ1) is 21.8. The maximum atomic E-state index is 13.4. The molecule has 2 saturated heterocycles. The number of likely N-dealkylation sites (tertiary alicyclic amines) is 2. The smallest absolute Gasteiger partial charge is 0.228 e. The van der Waals surface area contributed by atoms with Gasteiger partial charge < -0.3 is 19.4 Å². The van der Waals surface area contributed by atoms with Gasteiger partial charge in [-0.2, -0.15) is 0 Å². The first-order valence-electron chi connectivity index (χ1n) is 10.8. The fourth-order valence-corrected chi connectivity index (χ4v) is 4.37. The molecule has 2 aliphatic heterocycles. The fourth-order valence-electron chi connectivity index (χ4n) is 4.37. The molecular formula is C23H35N3O3. The van der Waals surface area contributed by atoms with E-state index in [-0.39, 0.29) is 17.7 Å². The molecule has 0 spiro atoms. The van der Waals surface area contributed by atoms with Crippen molar-refractivity contribution in [1.29, 1.82) is 0 Å². The Morgan fingerprint density at radius 1 is 1.21 bits per heavy atom. The van der Waals surface area contributed by atoms with Crippen molar-refractivity contribution in [3.05, 3.63) is 35.9 Å². The van der Waals surface area contributed by atoms with Gasteiger partial charge in [0.1, 0.15) is 0 Å². The molecule has 0 unspecified atom stereocenters. The van der Waals surface area contributed by atoms with E-state index in [0.717, 1.165) is 45.4 Å². The van der Waals surface area contributed by atoms with Crippen molar-refractivity contribution < 1.29 is 14.3 Å². The molecule has 0 aromatic heterocycles. The summed E-state index contributed by atoms with van der Waals surface area (Å²) in [6.45, 7) is 5.32. The Balaban J connectivity index is 1.63. The first-order valence-corrected chi connectivity index (χ1v) is 10.8. The second-order valence-corrected chi connectivity index (χ2v) is 8.50. The lowest BCUT2D eigenvalue weighted by Gasteiger charge is -2.34. The monoisotopic (exact) mass is 401 g/mol. The van der Waals surface area contributed by atoms with E-state index < -0.39 is 0 Å². The van der Waals surface area contributed by atoms with Crippen LogP contribution in [0.5, 0.6) is 0 Å². The van der Waals surface area contributed by atoms with Gasteiger partial charge in [0.05, 0.1) is 12.5 Å². The molecule has 2 aliphatic rings. The van der Waals surface area contributed by atoms with Crippen LogP contribution in [0.1, 0.15) is 24.8 Å². The van der Waals surface area contributed by atoms with E-state index in [1.807, 2.05) is 23.1 Å². The zero-order chi connectivity index (χ0) is 20.6. The quantitative estimate of drug-likeness (QED) is 0.634. The number of carbonyl (C=O) groups excluding carboxylic acids is 2. The van der Waals surface area contributed by atoms with Gasteiger partial charge in [0.15, 0.2) is 0 Å². The Labute approximate surface area is 174 Å². The highest BCUT2D eigenvalue weighted by molar-refractivity contribution is 5.89. The molecule has 3 rings (SSSR count). The Hall–Kier alpha value is -1.92. The summed E-state index contributed by atoms with van der Waals surface area (Å²) in [5.74, 6) is 0.546. The summed E-state index contributed by atoms with van der Waals surface area (Å²) in [5, 5.41) is 0. The van der Waals surface area contributed by atoms with Crippen LogP contribution in [0.3, 0.4) is 0 Å². The van der Waals surface area contributed by atoms with Crippen molar-refractivity contribution in [2.75, 3.05) is 60.0 Å². The minimum absolute atomic E-state index is 0.0719. The molecule has 0 aliphatic carbocycles. The average Bonchev–Trinajstić information content (AvgIpc) is 3.11. The Kier molecular flexibility index (Phi) is 8.07. The zero-order valence-electron chi connectivity index (χ0n) is 17.9. The van der Waals surface area contributed by atoms with Crippen LogP contribution in [0.25, 0.3) is 0 Å². The Bertz CT molecular complexity index is 659. The summed E-state index contributed by atoms with van der Waals surface area (Å²) in [5.41, 5.74) is 1.25. The molecular weight excluding hydrogens is 366 g/mol. The highest BCUT2D eigenvalue weighted by Gasteiger charge is 2.36. The maximum absolute atomic E-state index is 13.4. The number of nitrogens with zero attached hydrogens (tertiary/aromatic N) is 3. The lowest BCUT2D eigenvalue weighted by Crippen LogP contribution is -2.43. The number of ether oxygens (including phenoxy) is 1. The lowest BCUT2D eigenvalue weighted by atomic mass is 9.95. The van der Waals surface area contributed by atoms with Gasteiger partial charge in [-0.3, -0.25) is 9.59 Å². The van der Waals surface area contributed by atoms with Crippen molar-refractivity contribution in [3.8, 4) is 0 Å². The summed E-state index contributed by atoms with van der Waals surface area (Å²) < 4.78 is 5.10. The van der Waals surface area contributed by atoms with Gasteiger partial charge in [0, 0.05) is 39.7 Å². The normalized spacial score (nSPS) is 21.0. The SMILES string of the molecule is COCCN1C[C@H](C(=O)N(CCc2ccccc2)CC2CCN(C)CC2)CC1=O. The van der Waals surface area contributed by atoms with Crippen LogP contribution in [0.4, 0.5) is 0 Å². The van der Waals surface area contributed by atoms with Crippen molar-refractivity contribution >= 4 is 11.8 Å². The summed E-state index contributed by atoms with van der Waals surface area (Å²) in [4.78, 5) is 31.9. The number of methoxy groups -OCH3 is 1. The predicted molar refractivity (Wildman–Crippen MR) is 114 cm³/mol. The van der Waals surface area contributed by atoms with Gasteiger partial charge in [-0.05, 0) is 50.9 Å². The summed E-state index contributed by atoms with van der Waals surface area (Å²) in [7, 11) is 3.80. The number of rotatable bonds is 9. The molecule has 6 heteroatoms. The minimum atomic E-state index is -0.221. The summed E-state index contributed by atoms with van der Waals surface area (Å²) >= 11 is 0. The minimum Gasteiger partial charge on any atom is -0.383 e. The van der Waals surface area contributed by atoms with E-state index in [1.165, 1.54) is 5.56 Å². The molecule has 0 bridgehead atoms. The predicted octanol–water partition coefficient (Wildman–Crippen LogP) is 1.89. The third kappa shape index (κ3) is 6.28. The standard InChI is InChI=1S/C23H35N3O3/c1-24-11-8-20(9-12-24)17-26(13-10-19-6-4-3-5-7-19)23(28)21-16-22(27)25(18-21)14-15-29-2/h3-7,20-21H,8-18H2,1-2H3/t21-/m1/s1. The van der Waals surface area contributed by atoms with Crippen molar-refractivity contribution in [1.82, 2.24) is 14.7 Å². The molecule has 2 fully saturated rings. The highest BCUT2D eigenvalue weighted by atomic mass is 16.5. The van der Waals surface area contributed by atoms with E-state index in [0.29, 0.717) is 32.0 Å². The molecule has 6 nitrogen and oxygen atoms in total. The van der Waals surface area contributed by atoms with Crippen molar-refractivity contribution in [3.63, 3.8) is 0 Å². The second kappa shape index (κ2) is 10.7. The maximum Gasteiger partial charge on any atom is 0.228 e. The van der Waals surface area contributed by atoms with Gasteiger partial charge in [0.2, 0.25) is 11.8 Å². The summed E-state index contributed by atoms with van der Waals surface area (Å²) in [6.07, 6.45) is 3.45. The largest absolute Gasteiger partial charge is 0.383 e. The van der Waals surface area contributed by atoms with E-state index in [1.54, 1.807) is 12.0 Å². The van der Waals surface area contributed by atoms with Gasteiger partial charge in [-0.15, -0.1) is 0 Å². The number of hydrogen-bond acceptors (Lipinski definition) is 4. The van der Waals surface area contributed by atoms with Crippen molar-refractivity contribution in [2.24, 2.45) is 11.8 Å². The van der Waals surface area contributed by atoms with Crippen LogP contribution in [0.2, 0.25) is 0 Å². The molecule has 2 amide bonds. The Morgan fingerprint density at radius 3 is 2.62 bits per heavy atom. The third-order valence-corrected chi connectivity index (χ3v) is 6.27. The van der Waals surface area contributed by atoms with E-state index >= 15 is 0 Å². The number of piperidine rings is 1. The molecule has 1 aromatic carbocycles. The molecule has 0 N–H and O–H groups in total. The van der Waals surface area contributed by atoms with Gasteiger partial charge in [0.25, 0.3) is 0 Å². The van der Waals surface area contributed by atoms with E-state index in [9.17, 15) is 9.59 Å². The second-order valence-electron chi connectivity index (χ2n) is 8.50. The third-order valence-electron chi connectivity index (χ3n) is 6.27. The topological polar surface area (TPSA) is 53.1 Å². The molecule has 0 radical (unpaired) electrons. The summed E-state index contributed by atoms with van der Waals surface area (Å²) in [6, 6.07) is 10.3. The lowest BCUT2D eigenvalue weighted by molar-refractivity contribution is -0.136. The van der Waals surface area contributed by atoms with Gasteiger partial charge in [-0.1, -0.05) is 30.3 Å². The highest BCUT2D eigenvalue weighted by Crippen LogP contribution is 2.23. The molecule has 29 heavy (non-hydrogen) atoms. The fraction of sp³-hybridized carbons (Fsp3) is 0.652. The van der Waals surface area contributed by atoms with Crippen LogP contribution in [0.15, 0.2) is 30.3 Å². The number of carbonyl (C=O) groups is 2. The van der Waals surface area contributed by atoms with E-state index in [4.69, 9.17) is 4.74 Å². The van der Waals surface area contributed by atoms with Crippen LogP contribution in [-0.2, 0) is 20.7 Å². The van der Waals surface area contributed by atoms with Crippen LogP contribution in [-0.4, -0.2) is 86.5 Å². The van der Waals surface area contributed by atoms with Gasteiger partial charge >= 0.3 is 0 Å². The number of hydrogen-bond donors (Lipinski definition) is 0. The Morgan fingerprint density at radius 2 is 1.93 bits per heavy atom. The number of benzene rings is 1. The van der Waals surface area contributed by atoms with Crippen molar-refractivity contribution in [2.45, 2.75) is 25.7 Å². The molecule has 2 heterocycles. The van der Waals surface area contributed by atoms with Crippen LogP contribution < -0.4 is 0 Å². The van der Waals surface area contributed by atoms with Gasteiger partial charge in [-0.25, -0.2) is 0 Å². The molecule has 0 saturated carbocycles. The number of amides is 2.